The third-order valence-corrected chi connectivity index (χ3v) is 8.19. The topological polar surface area (TPSA) is 34.1 Å². The van der Waals surface area contributed by atoms with E-state index in [0.717, 1.165) is 30.4 Å². The van der Waals surface area contributed by atoms with Crippen molar-refractivity contribution in [1.29, 1.82) is 0 Å². The van der Waals surface area contributed by atoms with Gasteiger partial charge < -0.3 is 0 Å². The van der Waals surface area contributed by atoms with Gasteiger partial charge in [-0.1, -0.05) is 108 Å². The summed E-state index contributed by atoms with van der Waals surface area (Å²) in [4.78, 5) is 31.6. The van der Waals surface area contributed by atoms with Gasteiger partial charge in [0.2, 0.25) is 0 Å². The van der Waals surface area contributed by atoms with Crippen molar-refractivity contribution in [3.63, 3.8) is 0 Å². The number of rotatable bonds is 4. The average molecular weight is 475 g/mol. The molecule has 1 aliphatic rings. The van der Waals surface area contributed by atoms with Crippen LogP contribution in [-0.4, -0.2) is 11.6 Å². The number of fused-ring (bicyclic) bond motifs is 3. The number of ketones is 2. The molecule has 0 spiro atoms. The van der Waals surface area contributed by atoms with Crippen LogP contribution in [0, 0.1) is 0 Å². The molecular weight excluding hydrogens is 456 g/mol. The Kier molecular flexibility index (Phi) is 5.33. The minimum absolute atomic E-state index is 0.0932. The number of benzene rings is 5. The summed E-state index contributed by atoms with van der Waals surface area (Å²) in [6.45, 7) is 0. The van der Waals surface area contributed by atoms with Gasteiger partial charge in [-0.05, 0) is 35.0 Å². The first-order valence-electron chi connectivity index (χ1n) is 11.0. The predicted octanol–water partition coefficient (Wildman–Crippen LogP) is 7.92. The second-order valence-corrected chi connectivity index (χ2v) is 10.2. The fraction of sp³-hybridized carbons (Fsp3) is 0. The maximum absolute atomic E-state index is 13.9. The van der Waals surface area contributed by atoms with Crippen LogP contribution in [0.3, 0.4) is 0 Å². The first kappa shape index (κ1) is 21.0. The third-order valence-electron chi connectivity index (χ3n) is 5.92. The van der Waals surface area contributed by atoms with E-state index in [1.165, 1.54) is 0 Å². The average Bonchev–Trinajstić information content (AvgIpc) is 2.89. The third kappa shape index (κ3) is 3.47. The fourth-order valence-electron chi connectivity index (χ4n) is 4.38. The highest BCUT2D eigenvalue weighted by Gasteiger charge is 2.36. The Morgan fingerprint density at radius 2 is 0.765 bits per heavy atom. The number of carbonyl (C=O) groups is 2. The van der Waals surface area contributed by atoms with Crippen LogP contribution in [0.2, 0.25) is 0 Å². The largest absolute Gasteiger partial charge is 0.289 e. The maximum atomic E-state index is 13.9. The molecule has 0 radical (unpaired) electrons. The zero-order chi connectivity index (χ0) is 23.1. The van der Waals surface area contributed by atoms with Gasteiger partial charge in [0.15, 0.2) is 11.6 Å². The molecule has 0 heterocycles. The Bertz CT molecular complexity index is 1460. The lowest BCUT2D eigenvalue weighted by Gasteiger charge is -2.25. The fourth-order valence-corrected chi connectivity index (χ4v) is 6.61. The molecule has 34 heavy (non-hydrogen) atoms. The van der Waals surface area contributed by atoms with Crippen molar-refractivity contribution < 1.29 is 9.59 Å². The Morgan fingerprint density at radius 1 is 0.412 bits per heavy atom. The molecule has 5 aromatic carbocycles. The summed E-state index contributed by atoms with van der Waals surface area (Å²) in [6.07, 6.45) is 0. The number of hydrogen-bond donors (Lipinski definition) is 0. The SMILES string of the molecule is O=C1c2ccccc2C(=O)c2c1c(Sc1ccccc1)c1ccccc1c2Sc1ccccc1. The summed E-state index contributed by atoms with van der Waals surface area (Å²) in [5.74, 6) is -0.186. The van der Waals surface area contributed by atoms with Crippen molar-refractivity contribution in [2.24, 2.45) is 0 Å². The summed E-state index contributed by atoms with van der Waals surface area (Å²) in [6, 6.07) is 35.2. The van der Waals surface area contributed by atoms with Crippen LogP contribution in [-0.2, 0) is 0 Å². The van der Waals surface area contributed by atoms with E-state index in [0.29, 0.717) is 22.3 Å². The monoisotopic (exact) mass is 474 g/mol. The standard InChI is InChI=1S/C30H18O2S2/c31-27-21-15-7-8-16-22(21)28(32)26-25(27)29(33-19-11-3-1-4-12-19)23-17-9-10-18-24(23)30(26)34-20-13-5-2-6-14-20/h1-18H. The van der Waals surface area contributed by atoms with Crippen LogP contribution in [0.5, 0.6) is 0 Å². The van der Waals surface area contributed by atoms with E-state index in [1.807, 2.05) is 97.1 Å². The summed E-state index contributed by atoms with van der Waals surface area (Å²) in [5.41, 5.74) is 1.96. The molecule has 0 atom stereocenters. The van der Waals surface area contributed by atoms with Gasteiger partial charge in [0.1, 0.15) is 0 Å². The van der Waals surface area contributed by atoms with Crippen molar-refractivity contribution in [3.8, 4) is 0 Å². The lowest BCUT2D eigenvalue weighted by Crippen LogP contribution is -2.23. The van der Waals surface area contributed by atoms with Crippen LogP contribution in [0.1, 0.15) is 31.8 Å². The Balaban J connectivity index is 1.69. The molecule has 4 heteroatoms. The van der Waals surface area contributed by atoms with Gasteiger partial charge in [-0.3, -0.25) is 9.59 Å². The smallest absolute Gasteiger partial charge is 0.195 e. The molecule has 0 bridgehead atoms. The molecule has 0 aliphatic heterocycles. The summed E-state index contributed by atoms with van der Waals surface area (Å²) in [5, 5.41) is 1.96. The highest BCUT2D eigenvalue weighted by molar-refractivity contribution is 8.00. The van der Waals surface area contributed by atoms with E-state index in [2.05, 4.69) is 0 Å². The Labute approximate surface area is 206 Å². The van der Waals surface area contributed by atoms with E-state index in [-0.39, 0.29) is 11.6 Å². The van der Waals surface area contributed by atoms with Gasteiger partial charge >= 0.3 is 0 Å². The predicted molar refractivity (Wildman–Crippen MR) is 138 cm³/mol. The van der Waals surface area contributed by atoms with E-state index >= 15 is 0 Å². The van der Waals surface area contributed by atoms with Crippen LogP contribution in [0.25, 0.3) is 10.8 Å². The molecule has 0 amide bonds. The quantitative estimate of drug-likeness (QED) is 0.260. The molecular formula is C30H18O2S2. The van der Waals surface area contributed by atoms with Crippen molar-refractivity contribution in [2.75, 3.05) is 0 Å². The van der Waals surface area contributed by atoms with Crippen LogP contribution >= 0.6 is 23.5 Å². The molecule has 0 N–H and O–H groups in total. The normalized spacial score (nSPS) is 12.5. The van der Waals surface area contributed by atoms with Gasteiger partial charge in [-0.15, -0.1) is 0 Å². The van der Waals surface area contributed by atoms with Gasteiger partial charge in [0.25, 0.3) is 0 Å². The van der Waals surface area contributed by atoms with Crippen molar-refractivity contribution in [3.05, 3.63) is 131 Å². The lowest BCUT2D eigenvalue weighted by molar-refractivity contribution is 0.0975. The minimum atomic E-state index is -0.0932. The molecule has 0 unspecified atom stereocenters. The highest BCUT2D eigenvalue weighted by Crippen LogP contribution is 2.48. The second kappa shape index (κ2) is 8.64. The number of hydrogen-bond acceptors (Lipinski definition) is 4. The molecule has 1 aliphatic carbocycles. The molecule has 0 aromatic heterocycles. The lowest BCUT2D eigenvalue weighted by atomic mass is 9.82. The summed E-state index contributed by atoms with van der Waals surface area (Å²) in [7, 11) is 0. The molecule has 0 fully saturated rings. The minimum Gasteiger partial charge on any atom is -0.289 e. The second-order valence-electron chi connectivity index (χ2n) is 7.99. The number of carbonyl (C=O) groups excluding carboxylic acids is 2. The molecule has 5 aromatic rings. The van der Waals surface area contributed by atoms with Crippen LogP contribution in [0.15, 0.2) is 129 Å². The van der Waals surface area contributed by atoms with Crippen molar-refractivity contribution in [1.82, 2.24) is 0 Å². The first-order valence-corrected chi connectivity index (χ1v) is 12.6. The van der Waals surface area contributed by atoms with Gasteiger partial charge in [0.05, 0.1) is 0 Å². The molecule has 162 valence electrons. The molecule has 2 nitrogen and oxygen atoms in total. The van der Waals surface area contributed by atoms with Crippen LogP contribution in [0.4, 0.5) is 0 Å². The first-order chi connectivity index (χ1) is 16.7. The molecule has 6 rings (SSSR count). The Hall–Kier alpha value is -3.60. The molecule has 0 saturated carbocycles. The van der Waals surface area contributed by atoms with Crippen LogP contribution < -0.4 is 0 Å². The zero-order valence-corrected chi connectivity index (χ0v) is 19.7. The Morgan fingerprint density at radius 3 is 1.18 bits per heavy atom. The van der Waals surface area contributed by atoms with Gasteiger partial charge in [-0.2, -0.15) is 0 Å². The van der Waals surface area contributed by atoms with E-state index in [9.17, 15) is 9.59 Å². The summed E-state index contributed by atoms with van der Waals surface area (Å²) >= 11 is 3.09. The van der Waals surface area contributed by atoms with E-state index in [4.69, 9.17) is 0 Å². The molecule has 0 saturated heterocycles. The van der Waals surface area contributed by atoms with E-state index in [1.54, 1.807) is 35.7 Å². The van der Waals surface area contributed by atoms with Crippen molar-refractivity contribution >= 4 is 45.9 Å². The van der Waals surface area contributed by atoms with Gasteiger partial charge in [-0.25, -0.2) is 0 Å². The van der Waals surface area contributed by atoms with Crippen molar-refractivity contribution in [2.45, 2.75) is 19.6 Å². The highest BCUT2D eigenvalue weighted by atomic mass is 32.2. The van der Waals surface area contributed by atoms with E-state index < -0.39 is 0 Å². The van der Waals surface area contributed by atoms with Gasteiger partial charge in [0, 0.05) is 41.8 Å². The summed E-state index contributed by atoms with van der Waals surface area (Å²) < 4.78 is 0. The maximum Gasteiger partial charge on any atom is 0.195 e. The zero-order valence-electron chi connectivity index (χ0n) is 18.0.